The summed E-state index contributed by atoms with van der Waals surface area (Å²) >= 11 is 6.19. The van der Waals surface area contributed by atoms with E-state index < -0.39 is 0 Å². The molecule has 0 radical (unpaired) electrons. The van der Waals surface area contributed by atoms with Gasteiger partial charge in [0.2, 0.25) is 5.95 Å². The van der Waals surface area contributed by atoms with Crippen LogP contribution in [0.15, 0.2) is 30.5 Å². The highest BCUT2D eigenvalue weighted by atomic mass is 35.5. The van der Waals surface area contributed by atoms with Crippen molar-refractivity contribution >= 4 is 28.5 Å². The zero-order valence-electron chi connectivity index (χ0n) is 10.9. The summed E-state index contributed by atoms with van der Waals surface area (Å²) in [4.78, 5) is 8.99. The number of hydrogen-bond acceptors (Lipinski definition) is 3. The summed E-state index contributed by atoms with van der Waals surface area (Å²) in [6, 6.07) is 8.03. The number of halogens is 1. The van der Waals surface area contributed by atoms with Gasteiger partial charge in [-0.3, -0.25) is 0 Å². The predicted octanol–water partition coefficient (Wildman–Crippen LogP) is 3.98. The molecule has 1 aliphatic carbocycles. The van der Waals surface area contributed by atoms with Gasteiger partial charge in [0.05, 0.1) is 11.1 Å². The highest BCUT2D eigenvalue weighted by Gasteiger charge is 2.31. The van der Waals surface area contributed by atoms with Crippen LogP contribution in [0, 0.1) is 0 Å². The summed E-state index contributed by atoms with van der Waals surface area (Å²) in [6.07, 6.45) is 7.84. The summed E-state index contributed by atoms with van der Waals surface area (Å²) in [5, 5.41) is 4.55. The number of nitrogens with zero attached hydrogens (tertiary/aromatic N) is 2. The molecule has 0 saturated heterocycles. The van der Waals surface area contributed by atoms with Gasteiger partial charge in [0, 0.05) is 17.5 Å². The Morgan fingerprint density at radius 2 is 1.95 bits per heavy atom. The lowest BCUT2D eigenvalue weighted by molar-refractivity contribution is 0.351. The topological polar surface area (TPSA) is 37.8 Å². The molecule has 2 aromatic rings. The van der Waals surface area contributed by atoms with Gasteiger partial charge >= 0.3 is 0 Å². The fourth-order valence-corrected chi connectivity index (χ4v) is 3.12. The van der Waals surface area contributed by atoms with Gasteiger partial charge in [-0.2, -0.15) is 0 Å². The molecule has 0 aliphatic heterocycles. The van der Waals surface area contributed by atoms with Crippen LogP contribution < -0.4 is 5.32 Å². The van der Waals surface area contributed by atoms with Crippen molar-refractivity contribution in [2.75, 3.05) is 11.2 Å². The number of fused-ring (bicyclic) bond motifs is 1. The third kappa shape index (κ3) is 2.66. The van der Waals surface area contributed by atoms with Crippen molar-refractivity contribution in [2.24, 2.45) is 0 Å². The number of aromatic nitrogens is 2. The van der Waals surface area contributed by atoms with Crippen molar-refractivity contribution in [3.8, 4) is 0 Å². The van der Waals surface area contributed by atoms with Crippen LogP contribution in [0.1, 0.15) is 32.1 Å². The van der Waals surface area contributed by atoms with E-state index >= 15 is 0 Å². The van der Waals surface area contributed by atoms with Crippen molar-refractivity contribution in [1.82, 2.24) is 9.97 Å². The van der Waals surface area contributed by atoms with Gasteiger partial charge in [0.1, 0.15) is 0 Å². The quantitative estimate of drug-likeness (QED) is 0.861. The van der Waals surface area contributed by atoms with Gasteiger partial charge in [0.15, 0.2) is 0 Å². The molecule has 0 unspecified atom stereocenters. The normalized spacial score (nSPS) is 18.4. The Labute approximate surface area is 118 Å². The van der Waals surface area contributed by atoms with Gasteiger partial charge in [-0.05, 0) is 18.9 Å². The first-order chi connectivity index (χ1) is 9.31. The summed E-state index contributed by atoms with van der Waals surface area (Å²) < 4.78 is 0. The van der Waals surface area contributed by atoms with Crippen molar-refractivity contribution < 1.29 is 0 Å². The van der Waals surface area contributed by atoms with Gasteiger partial charge in [0.25, 0.3) is 0 Å². The van der Waals surface area contributed by atoms with E-state index in [1.54, 1.807) is 0 Å². The summed E-state index contributed by atoms with van der Waals surface area (Å²) in [7, 11) is 0. The van der Waals surface area contributed by atoms with E-state index in [-0.39, 0.29) is 5.54 Å². The van der Waals surface area contributed by atoms with Crippen LogP contribution in [-0.4, -0.2) is 21.4 Å². The molecule has 19 heavy (non-hydrogen) atoms. The smallest absolute Gasteiger partial charge is 0.223 e. The Bertz CT molecular complexity index is 564. The second-order valence-corrected chi connectivity index (χ2v) is 5.62. The van der Waals surface area contributed by atoms with E-state index in [0.717, 1.165) is 23.7 Å². The van der Waals surface area contributed by atoms with Crippen molar-refractivity contribution in [1.29, 1.82) is 0 Å². The number of rotatable bonds is 3. The molecule has 0 atom stereocenters. The third-order valence-corrected chi connectivity index (χ3v) is 4.44. The van der Waals surface area contributed by atoms with E-state index in [1.807, 2.05) is 30.5 Å². The zero-order chi connectivity index (χ0) is 13.1. The van der Waals surface area contributed by atoms with Crippen LogP contribution in [-0.2, 0) is 0 Å². The van der Waals surface area contributed by atoms with Crippen LogP contribution in [0.3, 0.4) is 0 Å². The van der Waals surface area contributed by atoms with Gasteiger partial charge in [-0.15, -0.1) is 11.6 Å². The number of para-hydroxylation sites is 1. The SMILES string of the molecule is ClCC1(Nc2ncc3ccccc3n2)CCCCC1. The lowest BCUT2D eigenvalue weighted by atomic mass is 9.83. The van der Waals surface area contributed by atoms with Crippen LogP contribution in [0.25, 0.3) is 10.9 Å². The number of anilines is 1. The molecule has 100 valence electrons. The Hall–Kier alpha value is -1.35. The van der Waals surface area contributed by atoms with E-state index in [1.165, 1.54) is 19.3 Å². The molecular weight excluding hydrogens is 258 g/mol. The zero-order valence-corrected chi connectivity index (χ0v) is 11.7. The lowest BCUT2D eigenvalue weighted by Crippen LogP contribution is -2.42. The first kappa shape index (κ1) is 12.7. The van der Waals surface area contributed by atoms with Crippen LogP contribution in [0.5, 0.6) is 0 Å². The van der Waals surface area contributed by atoms with E-state index in [0.29, 0.717) is 11.8 Å². The van der Waals surface area contributed by atoms with Gasteiger partial charge in [-0.1, -0.05) is 37.5 Å². The Morgan fingerprint density at radius 1 is 1.16 bits per heavy atom. The predicted molar refractivity (Wildman–Crippen MR) is 79.7 cm³/mol. The van der Waals surface area contributed by atoms with Crippen LogP contribution in [0.4, 0.5) is 5.95 Å². The minimum atomic E-state index is -0.0255. The molecule has 1 fully saturated rings. The fourth-order valence-electron chi connectivity index (χ4n) is 2.79. The maximum Gasteiger partial charge on any atom is 0.223 e. The average molecular weight is 276 g/mol. The van der Waals surface area contributed by atoms with Crippen molar-refractivity contribution in [3.05, 3.63) is 30.5 Å². The van der Waals surface area contributed by atoms with Gasteiger partial charge in [-0.25, -0.2) is 9.97 Å². The molecule has 0 amide bonds. The molecule has 1 heterocycles. The summed E-state index contributed by atoms with van der Waals surface area (Å²) in [5.74, 6) is 1.31. The highest BCUT2D eigenvalue weighted by molar-refractivity contribution is 6.18. The Morgan fingerprint density at radius 3 is 2.74 bits per heavy atom. The molecule has 3 rings (SSSR count). The van der Waals surface area contributed by atoms with Gasteiger partial charge < -0.3 is 5.32 Å². The molecule has 1 N–H and O–H groups in total. The number of hydrogen-bond donors (Lipinski definition) is 1. The molecule has 0 bridgehead atoms. The van der Waals surface area contributed by atoms with Crippen LogP contribution in [0.2, 0.25) is 0 Å². The Balaban J connectivity index is 1.87. The highest BCUT2D eigenvalue weighted by Crippen LogP contribution is 2.32. The van der Waals surface area contributed by atoms with Crippen molar-refractivity contribution in [3.63, 3.8) is 0 Å². The fraction of sp³-hybridized carbons (Fsp3) is 0.467. The van der Waals surface area contributed by atoms with E-state index in [9.17, 15) is 0 Å². The number of benzene rings is 1. The van der Waals surface area contributed by atoms with Crippen molar-refractivity contribution in [2.45, 2.75) is 37.6 Å². The summed E-state index contributed by atoms with van der Waals surface area (Å²) in [5.41, 5.74) is 0.947. The molecule has 1 aromatic carbocycles. The second-order valence-electron chi connectivity index (χ2n) is 5.35. The van der Waals surface area contributed by atoms with Crippen LogP contribution >= 0.6 is 11.6 Å². The molecule has 4 heteroatoms. The third-order valence-electron chi connectivity index (χ3n) is 3.93. The molecule has 1 aliphatic rings. The summed E-state index contributed by atoms with van der Waals surface area (Å²) in [6.45, 7) is 0. The van der Waals surface area contributed by atoms with E-state index in [2.05, 4.69) is 15.3 Å². The maximum atomic E-state index is 6.19. The largest absolute Gasteiger partial charge is 0.348 e. The monoisotopic (exact) mass is 275 g/mol. The maximum absolute atomic E-state index is 6.19. The molecule has 0 spiro atoms. The lowest BCUT2D eigenvalue weighted by Gasteiger charge is -2.36. The minimum absolute atomic E-state index is 0.0255. The number of alkyl halides is 1. The molecule has 1 aromatic heterocycles. The standard InChI is InChI=1S/C15H18ClN3/c16-11-15(8-4-1-5-9-15)19-14-17-10-12-6-2-3-7-13(12)18-14/h2-3,6-7,10H,1,4-5,8-9,11H2,(H,17,18,19). The first-order valence-corrected chi connectivity index (χ1v) is 7.41. The minimum Gasteiger partial charge on any atom is -0.348 e. The van der Waals surface area contributed by atoms with E-state index in [4.69, 9.17) is 11.6 Å². The molecular formula is C15H18ClN3. The Kier molecular flexibility index (Phi) is 3.56. The molecule has 3 nitrogen and oxygen atoms in total. The first-order valence-electron chi connectivity index (χ1n) is 6.87. The molecule has 1 saturated carbocycles. The average Bonchev–Trinajstić information content (AvgIpc) is 2.48. The number of nitrogens with one attached hydrogen (secondary N) is 1. The second kappa shape index (κ2) is 5.33.